The number of fused-ring (bicyclic) bond motifs is 1. The number of rotatable bonds is 1. The van der Waals surface area contributed by atoms with Gasteiger partial charge in [0.1, 0.15) is 5.60 Å². The Bertz CT molecular complexity index is 670. The molecule has 0 radical (unpaired) electrons. The van der Waals surface area contributed by atoms with Crippen molar-refractivity contribution in [3.8, 4) is 0 Å². The molecule has 1 aromatic carbocycles. The second kappa shape index (κ2) is 6.71. The molecular weight excluding hydrogens is 314 g/mol. The van der Waals surface area contributed by atoms with E-state index >= 15 is 0 Å². The van der Waals surface area contributed by atoms with Crippen LogP contribution in [0.4, 0.5) is 10.5 Å². The standard InChI is InChI=1S/C17H23N3O2.ClH/c1-17(2,3)22-16(21)20-11-9-19(10-12-20)15-6-4-5-14-13(15)7-8-18-14;/h4-8,18H,9-12H2,1-3H3;1H. The normalized spacial score (nSPS) is 15.4. The minimum absolute atomic E-state index is 0. The van der Waals surface area contributed by atoms with E-state index in [0.29, 0.717) is 13.1 Å². The van der Waals surface area contributed by atoms with Crippen molar-refractivity contribution in [3.63, 3.8) is 0 Å². The van der Waals surface area contributed by atoms with E-state index in [2.05, 4.69) is 34.1 Å². The van der Waals surface area contributed by atoms with Crippen molar-refractivity contribution in [1.82, 2.24) is 9.88 Å². The molecule has 2 heterocycles. The summed E-state index contributed by atoms with van der Waals surface area (Å²) in [6, 6.07) is 8.38. The van der Waals surface area contributed by atoms with Gasteiger partial charge in [-0.05, 0) is 39.0 Å². The van der Waals surface area contributed by atoms with Crippen molar-refractivity contribution < 1.29 is 9.53 Å². The van der Waals surface area contributed by atoms with Crippen LogP contribution >= 0.6 is 12.4 Å². The van der Waals surface area contributed by atoms with E-state index < -0.39 is 5.60 Å². The van der Waals surface area contributed by atoms with Crippen LogP contribution in [0.1, 0.15) is 20.8 Å². The molecule has 23 heavy (non-hydrogen) atoms. The second-order valence-electron chi connectivity index (χ2n) is 6.67. The number of anilines is 1. The third kappa shape index (κ3) is 3.91. The lowest BCUT2D eigenvalue weighted by molar-refractivity contribution is 0.0241. The number of H-pyrrole nitrogens is 1. The Labute approximate surface area is 143 Å². The van der Waals surface area contributed by atoms with Gasteiger partial charge in [-0.15, -0.1) is 12.4 Å². The summed E-state index contributed by atoms with van der Waals surface area (Å²) in [6.45, 7) is 8.72. The number of nitrogens with one attached hydrogen (secondary N) is 1. The van der Waals surface area contributed by atoms with Gasteiger partial charge in [0.15, 0.2) is 0 Å². The molecule has 5 nitrogen and oxygen atoms in total. The smallest absolute Gasteiger partial charge is 0.410 e. The highest BCUT2D eigenvalue weighted by Gasteiger charge is 2.26. The summed E-state index contributed by atoms with van der Waals surface area (Å²) in [7, 11) is 0. The highest BCUT2D eigenvalue weighted by Crippen LogP contribution is 2.27. The molecule has 126 valence electrons. The van der Waals surface area contributed by atoms with E-state index in [9.17, 15) is 4.79 Å². The number of halogens is 1. The number of nitrogens with zero attached hydrogens (tertiary/aromatic N) is 2. The monoisotopic (exact) mass is 337 g/mol. The van der Waals surface area contributed by atoms with E-state index in [-0.39, 0.29) is 18.5 Å². The van der Waals surface area contributed by atoms with Gasteiger partial charge in [-0.3, -0.25) is 0 Å². The highest BCUT2D eigenvalue weighted by molar-refractivity contribution is 5.92. The van der Waals surface area contributed by atoms with Crippen LogP contribution in [0.5, 0.6) is 0 Å². The maximum Gasteiger partial charge on any atom is 0.410 e. The summed E-state index contributed by atoms with van der Waals surface area (Å²) in [5.74, 6) is 0. The van der Waals surface area contributed by atoms with Gasteiger partial charge >= 0.3 is 6.09 Å². The van der Waals surface area contributed by atoms with E-state index in [1.165, 1.54) is 11.1 Å². The van der Waals surface area contributed by atoms with Crippen LogP contribution in [0.3, 0.4) is 0 Å². The average molecular weight is 338 g/mol. The molecule has 1 amide bonds. The number of aromatic nitrogens is 1. The molecule has 1 aliphatic rings. The summed E-state index contributed by atoms with van der Waals surface area (Å²) in [5.41, 5.74) is 1.93. The maximum absolute atomic E-state index is 12.1. The van der Waals surface area contributed by atoms with Crippen LogP contribution < -0.4 is 4.90 Å². The van der Waals surface area contributed by atoms with Crippen LogP contribution in [0.2, 0.25) is 0 Å². The minimum atomic E-state index is -0.440. The molecule has 2 aromatic rings. The molecule has 0 saturated carbocycles. The Morgan fingerprint density at radius 2 is 1.83 bits per heavy atom. The molecule has 1 N–H and O–H groups in total. The number of ether oxygens (including phenoxy) is 1. The van der Waals surface area contributed by atoms with Crippen LogP contribution in [0, 0.1) is 0 Å². The van der Waals surface area contributed by atoms with Crippen molar-refractivity contribution >= 4 is 35.1 Å². The Kier molecular flexibility index (Phi) is 5.09. The minimum Gasteiger partial charge on any atom is -0.444 e. The fraction of sp³-hybridized carbons (Fsp3) is 0.471. The van der Waals surface area contributed by atoms with Gasteiger partial charge in [0.2, 0.25) is 0 Å². The lowest BCUT2D eigenvalue weighted by Gasteiger charge is -2.37. The Morgan fingerprint density at radius 3 is 2.48 bits per heavy atom. The molecule has 1 aliphatic heterocycles. The molecule has 0 bridgehead atoms. The van der Waals surface area contributed by atoms with Gasteiger partial charge in [0.25, 0.3) is 0 Å². The zero-order valence-corrected chi connectivity index (χ0v) is 14.7. The Balaban J connectivity index is 0.00000192. The summed E-state index contributed by atoms with van der Waals surface area (Å²) in [4.78, 5) is 19.5. The van der Waals surface area contributed by atoms with E-state index in [4.69, 9.17) is 4.74 Å². The summed E-state index contributed by atoms with van der Waals surface area (Å²) >= 11 is 0. The van der Waals surface area contributed by atoms with Crippen molar-refractivity contribution in [2.24, 2.45) is 0 Å². The number of hydrogen-bond acceptors (Lipinski definition) is 3. The average Bonchev–Trinajstić information content (AvgIpc) is 2.94. The predicted molar refractivity (Wildman–Crippen MR) is 95.6 cm³/mol. The zero-order valence-electron chi connectivity index (χ0n) is 13.8. The number of hydrogen-bond donors (Lipinski definition) is 1. The first-order valence-electron chi connectivity index (χ1n) is 7.73. The van der Waals surface area contributed by atoms with Crippen molar-refractivity contribution in [2.45, 2.75) is 26.4 Å². The lowest BCUT2D eigenvalue weighted by atomic mass is 10.1. The molecule has 0 aliphatic carbocycles. The predicted octanol–water partition coefficient (Wildman–Crippen LogP) is 3.65. The van der Waals surface area contributed by atoms with Crippen LogP contribution in [0.15, 0.2) is 30.5 Å². The largest absolute Gasteiger partial charge is 0.444 e. The molecule has 3 rings (SSSR count). The number of amides is 1. The molecule has 1 aromatic heterocycles. The van der Waals surface area contributed by atoms with Crippen molar-refractivity contribution in [2.75, 3.05) is 31.1 Å². The third-order valence-corrected chi connectivity index (χ3v) is 3.84. The second-order valence-corrected chi connectivity index (χ2v) is 6.67. The molecule has 1 fully saturated rings. The van der Waals surface area contributed by atoms with Gasteiger partial charge in [0.05, 0.1) is 0 Å². The third-order valence-electron chi connectivity index (χ3n) is 3.84. The van der Waals surface area contributed by atoms with Crippen LogP contribution in [-0.2, 0) is 4.74 Å². The first-order valence-corrected chi connectivity index (χ1v) is 7.73. The molecular formula is C17H24ClN3O2. The fourth-order valence-electron chi connectivity index (χ4n) is 2.80. The Hall–Kier alpha value is -1.88. The Morgan fingerprint density at radius 1 is 1.13 bits per heavy atom. The van der Waals surface area contributed by atoms with Gasteiger partial charge in [-0.1, -0.05) is 6.07 Å². The van der Waals surface area contributed by atoms with E-state index in [0.717, 1.165) is 18.6 Å². The van der Waals surface area contributed by atoms with Gasteiger partial charge in [0, 0.05) is 49.0 Å². The van der Waals surface area contributed by atoms with Gasteiger partial charge < -0.3 is 19.5 Å². The molecule has 0 unspecified atom stereocenters. The number of carbonyl (C=O) groups excluding carboxylic acids is 1. The van der Waals surface area contributed by atoms with Crippen LogP contribution in [-0.4, -0.2) is 47.8 Å². The SMILES string of the molecule is CC(C)(C)OC(=O)N1CCN(c2cccc3[nH]ccc23)CC1.Cl. The van der Waals surface area contributed by atoms with E-state index in [1.54, 1.807) is 4.90 Å². The summed E-state index contributed by atoms with van der Waals surface area (Å²) in [5, 5.41) is 1.23. The number of aromatic amines is 1. The summed E-state index contributed by atoms with van der Waals surface area (Å²) < 4.78 is 5.44. The summed E-state index contributed by atoms with van der Waals surface area (Å²) in [6.07, 6.45) is 1.75. The molecule has 1 saturated heterocycles. The van der Waals surface area contributed by atoms with Crippen LogP contribution in [0.25, 0.3) is 10.9 Å². The van der Waals surface area contributed by atoms with Crippen molar-refractivity contribution in [3.05, 3.63) is 30.5 Å². The number of benzene rings is 1. The fourth-order valence-corrected chi connectivity index (χ4v) is 2.80. The van der Waals surface area contributed by atoms with E-state index in [1.807, 2.05) is 27.0 Å². The number of piperazine rings is 1. The topological polar surface area (TPSA) is 48.6 Å². The molecule has 0 atom stereocenters. The number of carbonyl (C=O) groups is 1. The van der Waals surface area contributed by atoms with Gasteiger partial charge in [-0.25, -0.2) is 4.79 Å². The molecule has 0 spiro atoms. The quantitative estimate of drug-likeness (QED) is 0.864. The first kappa shape index (κ1) is 17.5. The highest BCUT2D eigenvalue weighted by atomic mass is 35.5. The lowest BCUT2D eigenvalue weighted by Crippen LogP contribution is -2.50. The maximum atomic E-state index is 12.1. The van der Waals surface area contributed by atoms with Gasteiger partial charge in [-0.2, -0.15) is 0 Å². The zero-order chi connectivity index (χ0) is 15.7. The van der Waals surface area contributed by atoms with Crippen molar-refractivity contribution in [1.29, 1.82) is 0 Å². The first-order chi connectivity index (χ1) is 10.4. The molecule has 6 heteroatoms.